The molecule has 1 amide bonds. The molecule has 1 N–H and O–H groups in total. The maximum absolute atomic E-state index is 11.8. The first kappa shape index (κ1) is 14.4. The van der Waals surface area contributed by atoms with Gasteiger partial charge < -0.3 is 5.32 Å². The lowest BCUT2D eigenvalue weighted by molar-refractivity contribution is -0.120. The highest BCUT2D eigenvalue weighted by atomic mass is 79.9. The Hall–Kier alpha value is 0.300. The molecule has 0 aromatic carbocycles. The minimum Gasteiger partial charge on any atom is -0.354 e. The summed E-state index contributed by atoms with van der Waals surface area (Å²) < 4.78 is 0. The quantitative estimate of drug-likeness (QED) is 0.790. The number of amides is 1. The van der Waals surface area contributed by atoms with Gasteiger partial charge in [0, 0.05) is 11.4 Å². The molecule has 2 atom stereocenters. The number of halogens is 1. The number of carbonyl (C=O) groups excluding carboxylic acids is 1. The van der Waals surface area contributed by atoms with Crippen LogP contribution >= 0.6 is 27.7 Å². The van der Waals surface area contributed by atoms with Gasteiger partial charge in [-0.1, -0.05) is 36.2 Å². The van der Waals surface area contributed by atoms with E-state index in [2.05, 4.69) is 35.1 Å². The second-order valence-electron chi connectivity index (χ2n) is 4.83. The van der Waals surface area contributed by atoms with Crippen LogP contribution < -0.4 is 5.32 Å². The van der Waals surface area contributed by atoms with Crippen LogP contribution in [0.4, 0.5) is 0 Å². The second kappa shape index (κ2) is 7.59. The summed E-state index contributed by atoms with van der Waals surface area (Å²) in [4.78, 5) is 12.2. The highest BCUT2D eigenvalue weighted by Gasteiger charge is 2.21. The molecule has 1 aliphatic rings. The van der Waals surface area contributed by atoms with Gasteiger partial charge in [-0.25, -0.2) is 0 Å². The number of nitrogens with one attached hydrogen (secondary N) is 1. The van der Waals surface area contributed by atoms with Crippen molar-refractivity contribution in [2.45, 2.75) is 49.6 Å². The van der Waals surface area contributed by atoms with E-state index in [9.17, 15) is 4.79 Å². The molecule has 16 heavy (non-hydrogen) atoms. The number of hydrogen-bond acceptors (Lipinski definition) is 2. The molecule has 4 heteroatoms. The Morgan fingerprint density at radius 3 is 2.81 bits per heavy atom. The molecule has 0 aromatic rings. The maximum Gasteiger partial charge on any atom is 0.233 e. The lowest BCUT2D eigenvalue weighted by atomic mass is 10.1. The number of carbonyl (C=O) groups is 1. The predicted molar refractivity (Wildman–Crippen MR) is 75.3 cm³/mol. The highest BCUT2D eigenvalue weighted by Crippen LogP contribution is 2.25. The van der Waals surface area contributed by atoms with Gasteiger partial charge in [0.05, 0.1) is 5.25 Å². The standard InChI is InChI=1S/C12H22BrNOS/c1-9(2)7-10(13)8-14-12(15)11-5-3-4-6-16-11/h9-11H,3-8H2,1-2H3,(H,14,15). The topological polar surface area (TPSA) is 29.1 Å². The zero-order chi connectivity index (χ0) is 12.0. The molecule has 0 saturated carbocycles. The van der Waals surface area contributed by atoms with Gasteiger partial charge in [-0.2, -0.15) is 0 Å². The third-order valence-electron chi connectivity index (χ3n) is 2.70. The summed E-state index contributed by atoms with van der Waals surface area (Å²) in [6, 6.07) is 0. The van der Waals surface area contributed by atoms with Crippen LogP contribution in [0.3, 0.4) is 0 Å². The third-order valence-corrected chi connectivity index (χ3v) is 4.77. The second-order valence-corrected chi connectivity index (χ2v) is 7.43. The van der Waals surface area contributed by atoms with E-state index >= 15 is 0 Å². The summed E-state index contributed by atoms with van der Waals surface area (Å²) in [5.74, 6) is 2.05. The molecule has 0 spiro atoms. The Morgan fingerprint density at radius 1 is 1.50 bits per heavy atom. The lowest BCUT2D eigenvalue weighted by Gasteiger charge is -2.21. The van der Waals surface area contributed by atoms with Crippen LogP contribution in [0.2, 0.25) is 0 Å². The van der Waals surface area contributed by atoms with Crippen LogP contribution in [-0.2, 0) is 4.79 Å². The molecule has 0 aromatic heterocycles. The number of rotatable bonds is 5. The minimum atomic E-state index is 0.201. The number of thioether (sulfide) groups is 1. The van der Waals surface area contributed by atoms with E-state index in [1.54, 1.807) is 0 Å². The van der Waals surface area contributed by atoms with E-state index in [1.807, 2.05) is 11.8 Å². The van der Waals surface area contributed by atoms with Gasteiger partial charge >= 0.3 is 0 Å². The van der Waals surface area contributed by atoms with E-state index in [0.717, 1.165) is 25.1 Å². The van der Waals surface area contributed by atoms with Crippen molar-refractivity contribution in [2.24, 2.45) is 5.92 Å². The van der Waals surface area contributed by atoms with Gasteiger partial charge in [0.15, 0.2) is 0 Å². The first-order valence-electron chi connectivity index (χ1n) is 6.13. The molecule has 1 aliphatic heterocycles. The van der Waals surface area contributed by atoms with Crippen LogP contribution in [-0.4, -0.2) is 28.3 Å². The SMILES string of the molecule is CC(C)CC(Br)CNC(=O)C1CCCCS1. The zero-order valence-electron chi connectivity index (χ0n) is 10.2. The Morgan fingerprint density at radius 2 is 2.25 bits per heavy atom. The molecule has 2 unspecified atom stereocenters. The van der Waals surface area contributed by atoms with Crippen molar-refractivity contribution in [3.63, 3.8) is 0 Å². The van der Waals surface area contributed by atoms with Gasteiger partial charge in [-0.3, -0.25) is 4.79 Å². The summed E-state index contributed by atoms with van der Waals surface area (Å²) >= 11 is 5.42. The molecule has 1 heterocycles. The molecule has 94 valence electrons. The van der Waals surface area contributed by atoms with Crippen molar-refractivity contribution in [1.82, 2.24) is 5.32 Å². The predicted octanol–water partition coefficient (Wildman–Crippen LogP) is 3.20. The molecule has 0 bridgehead atoms. The number of hydrogen-bond donors (Lipinski definition) is 1. The van der Waals surface area contributed by atoms with Crippen molar-refractivity contribution in [2.75, 3.05) is 12.3 Å². The Labute approximate surface area is 111 Å². The summed E-state index contributed by atoms with van der Waals surface area (Å²) in [7, 11) is 0. The van der Waals surface area contributed by atoms with Crippen LogP contribution in [0.25, 0.3) is 0 Å². The molecule has 1 fully saturated rings. The number of alkyl halides is 1. The first-order valence-corrected chi connectivity index (χ1v) is 8.09. The third kappa shape index (κ3) is 5.58. The van der Waals surface area contributed by atoms with Crippen molar-refractivity contribution < 1.29 is 4.79 Å². The van der Waals surface area contributed by atoms with Gasteiger partial charge in [-0.05, 0) is 30.9 Å². The van der Waals surface area contributed by atoms with E-state index in [4.69, 9.17) is 0 Å². The van der Waals surface area contributed by atoms with Gasteiger partial charge in [0.2, 0.25) is 5.91 Å². The van der Waals surface area contributed by atoms with E-state index < -0.39 is 0 Å². The molecule has 1 rings (SSSR count). The lowest BCUT2D eigenvalue weighted by Crippen LogP contribution is -2.37. The summed E-state index contributed by atoms with van der Waals surface area (Å²) in [5, 5.41) is 3.25. The maximum atomic E-state index is 11.8. The highest BCUT2D eigenvalue weighted by molar-refractivity contribution is 9.09. The summed E-state index contributed by atoms with van der Waals surface area (Å²) in [6.45, 7) is 5.16. The molecule has 2 nitrogen and oxygen atoms in total. The Balaban J connectivity index is 2.18. The smallest absolute Gasteiger partial charge is 0.233 e. The van der Waals surface area contributed by atoms with Crippen molar-refractivity contribution in [1.29, 1.82) is 0 Å². The van der Waals surface area contributed by atoms with Gasteiger partial charge in [0.25, 0.3) is 0 Å². The van der Waals surface area contributed by atoms with Gasteiger partial charge in [-0.15, -0.1) is 11.8 Å². The van der Waals surface area contributed by atoms with Crippen LogP contribution in [0.5, 0.6) is 0 Å². The minimum absolute atomic E-state index is 0.201. The van der Waals surface area contributed by atoms with E-state index in [-0.39, 0.29) is 11.2 Å². The molecule has 1 saturated heterocycles. The normalized spacial score (nSPS) is 23.1. The van der Waals surface area contributed by atoms with Crippen LogP contribution in [0, 0.1) is 5.92 Å². The summed E-state index contributed by atoms with van der Waals surface area (Å²) in [5.41, 5.74) is 0. The van der Waals surface area contributed by atoms with Crippen molar-refractivity contribution in [3.05, 3.63) is 0 Å². The average Bonchev–Trinajstić information content (AvgIpc) is 2.26. The first-order chi connectivity index (χ1) is 7.59. The van der Waals surface area contributed by atoms with Crippen LogP contribution in [0.15, 0.2) is 0 Å². The van der Waals surface area contributed by atoms with E-state index in [0.29, 0.717) is 10.7 Å². The Kier molecular flexibility index (Phi) is 6.81. The molecule has 0 aliphatic carbocycles. The van der Waals surface area contributed by atoms with Crippen LogP contribution in [0.1, 0.15) is 39.5 Å². The average molecular weight is 308 g/mol. The monoisotopic (exact) mass is 307 g/mol. The summed E-state index contributed by atoms with van der Waals surface area (Å²) in [6.07, 6.45) is 4.63. The van der Waals surface area contributed by atoms with Crippen molar-refractivity contribution in [3.8, 4) is 0 Å². The largest absolute Gasteiger partial charge is 0.354 e. The fourth-order valence-electron chi connectivity index (χ4n) is 1.87. The molecular formula is C12H22BrNOS. The van der Waals surface area contributed by atoms with E-state index in [1.165, 1.54) is 12.8 Å². The fraction of sp³-hybridized carbons (Fsp3) is 0.917. The van der Waals surface area contributed by atoms with Crippen molar-refractivity contribution >= 4 is 33.6 Å². The molecular weight excluding hydrogens is 286 g/mol. The fourth-order valence-corrected chi connectivity index (χ4v) is 4.00. The molecule has 0 radical (unpaired) electrons. The van der Waals surface area contributed by atoms with Gasteiger partial charge in [0.1, 0.15) is 0 Å². The Bertz CT molecular complexity index is 217. The zero-order valence-corrected chi connectivity index (χ0v) is 12.6.